The number of carbonyl (C=O) groups is 1. The Labute approximate surface area is 146 Å². The van der Waals surface area contributed by atoms with E-state index in [0.29, 0.717) is 24.2 Å². The summed E-state index contributed by atoms with van der Waals surface area (Å²) in [4.78, 5) is 16.2. The summed E-state index contributed by atoms with van der Waals surface area (Å²) in [6.07, 6.45) is -0.513. The van der Waals surface area contributed by atoms with Gasteiger partial charge in [-0.05, 0) is 30.5 Å². The van der Waals surface area contributed by atoms with Gasteiger partial charge in [0.25, 0.3) is 0 Å². The first-order valence-corrected chi connectivity index (χ1v) is 7.93. The molecule has 0 radical (unpaired) electrons. The smallest absolute Gasteiger partial charge is 0.412 e. The highest BCUT2D eigenvalue weighted by atomic mass is 16.5. The molecule has 1 heterocycles. The van der Waals surface area contributed by atoms with Gasteiger partial charge in [0.15, 0.2) is 0 Å². The van der Waals surface area contributed by atoms with Crippen LogP contribution in [-0.4, -0.2) is 41.1 Å². The van der Waals surface area contributed by atoms with Crippen molar-refractivity contribution in [1.29, 1.82) is 0 Å². The van der Waals surface area contributed by atoms with Crippen molar-refractivity contribution >= 4 is 11.8 Å². The van der Waals surface area contributed by atoms with Gasteiger partial charge < -0.3 is 19.7 Å². The number of benzene rings is 1. The number of ether oxygens (including phenoxy) is 2. The molecule has 25 heavy (non-hydrogen) atoms. The number of aliphatic hydroxyl groups is 2. The molecule has 0 spiro atoms. The molecule has 1 aromatic carbocycles. The van der Waals surface area contributed by atoms with Gasteiger partial charge in [0.05, 0.1) is 19.8 Å². The molecule has 2 rings (SSSR count). The Bertz CT molecular complexity index is 678. The van der Waals surface area contributed by atoms with Crippen LogP contribution in [0.1, 0.15) is 17.7 Å². The third kappa shape index (κ3) is 6.06. The summed E-state index contributed by atoms with van der Waals surface area (Å²) in [5.41, 5.74) is 1.97. The number of aliphatic hydroxyl groups excluding tert-OH is 2. The third-order valence-electron chi connectivity index (χ3n) is 3.51. The number of nitrogens with zero attached hydrogens (tertiary/aromatic N) is 1. The summed E-state index contributed by atoms with van der Waals surface area (Å²) in [7, 11) is 1.45. The standard InChI is InChI=1S/C18H22N2O5/c1-24-17-16(10-8-14(19-17)7-9-15(22)11-21)20-18(23)25-12-13-5-3-2-4-6-13/h2-6,8,10,15,21-22H,7,9,11-12H2,1H3,(H,20,23)/t15-/m0/s1. The zero-order valence-electron chi connectivity index (χ0n) is 14.0. The number of aryl methyl sites for hydroxylation is 1. The van der Waals surface area contributed by atoms with E-state index in [4.69, 9.17) is 14.6 Å². The zero-order valence-corrected chi connectivity index (χ0v) is 14.0. The van der Waals surface area contributed by atoms with E-state index in [0.717, 1.165) is 5.56 Å². The highest BCUT2D eigenvalue weighted by Crippen LogP contribution is 2.23. The Kier molecular flexibility index (Phi) is 7.18. The molecule has 0 saturated heterocycles. The van der Waals surface area contributed by atoms with Gasteiger partial charge in [-0.2, -0.15) is 0 Å². The van der Waals surface area contributed by atoms with Gasteiger partial charge in [-0.3, -0.25) is 5.32 Å². The van der Waals surface area contributed by atoms with Crippen molar-refractivity contribution in [3.63, 3.8) is 0 Å². The van der Waals surface area contributed by atoms with Crippen LogP contribution in [0.25, 0.3) is 0 Å². The van der Waals surface area contributed by atoms with Crippen LogP contribution in [0.4, 0.5) is 10.5 Å². The number of nitrogens with one attached hydrogen (secondary N) is 1. The van der Waals surface area contributed by atoms with Crippen LogP contribution < -0.4 is 10.1 Å². The van der Waals surface area contributed by atoms with Gasteiger partial charge in [0.2, 0.25) is 5.88 Å². The van der Waals surface area contributed by atoms with Crippen molar-refractivity contribution in [2.24, 2.45) is 0 Å². The first-order chi connectivity index (χ1) is 12.1. The summed E-state index contributed by atoms with van der Waals surface area (Å²) in [6, 6.07) is 12.7. The van der Waals surface area contributed by atoms with Crippen molar-refractivity contribution in [2.75, 3.05) is 19.0 Å². The van der Waals surface area contributed by atoms with E-state index in [2.05, 4.69) is 10.3 Å². The molecule has 0 bridgehead atoms. The molecule has 134 valence electrons. The molecular weight excluding hydrogens is 324 g/mol. The molecule has 1 aromatic heterocycles. The Morgan fingerprint density at radius 3 is 2.68 bits per heavy atom. The van der Waals surface area contributed by atoms with Gasteiger partial charge in [-0.15, -0.1) is 0 Å². The second kappa shape index (κ2) is 9.61. The molecule has 0 unspecified atom stereocenters. The molecule has 0 saturated carbocycles. The van der Waals surface area contributed by atoms with Crippen LogP contribution in [0.5, 0.6) is 5.88 Å². The molecule has 7 nitrogen and oxygen atoms in total. The number of anilines is 1. The average molecular weight is 346 g/mol. The van der Waals surface area contributed by atoms with E-state index in [1.807, 2.05) is 30.3 Å². The molecule has 0 aliphatic heterocycles. The fraction of sp³-hybridized carbons (Fsp3) is 0.333. The topological polar surface area (TPSA) is 101 Å². The van der Waals surface area contributed by atoms with Gasteiger partial charge in [0.1, 0.15) is 12.3 Å². The van der Waals surface area contributed by atoms with Crippen LogP contribution in [0.15, 0.2) is 42.5 Å². The second-order valence-corrected chi connectivity index (χ2v) is 5.42. The van der Waals surface area contributed by atoms with Crippen LogP contribution in [-0.2, 0) is 17.8 Å². The van der Waals surface area contributed by atoms with Crippen LogP contribution in [0.3, 0.4) is 0 Å². The largest absolute Gasteiger partial charge is 0.480 e. The number of hydrogen-bond donors (Lipinski definition) is 3. The molecule has 0 aliphatic carbocycles. The van der Waals surface area contributed by atoms with E-state index < -0.39 is 12.2 Å². The molecule has 7 heteroatoms. The first-order valence-electron chi connectivity index (χ1n) is 7.93. The number of rotatable bonds is 8. The molecular formula is C18H22N2O5. The van der Waals surface area contributed by atoms with Gasteiger partial charge in [-0.1, -0.05) is 30.3 Å². The highest BCUT2D eigenvalue weighted by Gasteiger charge is 2.12. The van der Waals surface area contributed by atoms with Crippen LogP contribution in [0.2, 0.25) is 0 Å². The number of methoxy groups -OCH3 is 1. The molecule has 0 aliphatic rings. The number of hydrogen-bond acceptors (Lipinski definition) is 6. The Hall–Kier alpha value is -2.64. The lowest BCUT2D eigenvalue weighted by atomic mass is 10.1. The number of carbonyl (C=O) groups excluding carboxylic acids is 1. The maximum atomic E-state index is 11.9. The second-order valence-electron chi connectivity index (χ2n) is 5.42. The summed E-state index contributed by atoms with van der Waals surface area (Å²) >= 11 is 0. The van der Waals surface area contributed by atoms with Crippen molar-refractivity contribution in [1.82, 2.24) is 4.98 Å². The van der Waals surface area contributed by atoms with E-state index >= 15 is 0 Å². The van der Waals surface area contributed by atoms with Crippen molar-refractivity contribution in [3.8, 4) is 5.88 Å². The SMILES string of the molecule is COc1nc(CC[C@H](O)CO)ccc1NC(=O)OCc1ccccc1. The van der Waals surface area contributed by atoms with Gasteiger partial charge >= 0.3 is 6.09 Å². The Morgan fingerprint density at radius 2 is 2.00 bits per heavy atom. The summed E-state index contributed by atoms with van der Waals surface area (Å²) in [5.74, 6) is 0.257. The van der Waals surface area contributed by atoms with E-state index in [1.54, 1.807) is 12.1 Å². The van der Waals surface area contributed by atoms with Crippen molar-refractivity contribution in [2.45, 2.75) is 25.6 Å². The van der Waals surface area contributed by atoms with E-state index in [9.17, 15) is 9.90 Å². The first kappa shape index (κ1) is 18.7. The van der Waals surface area contributed by atoms with Crippen LogP contribution >= 0.6 is 0 Å². The monoisotopic (exact) mass is 346 g/mol. The Balaban J connectivity index is 1.93. The summed E-state index contributed by atoms with van der Waals surface area (Å²) < 4.78 is 10.4. The maximum absolute atomic E-state index is 11.9. The van der Waals surface area contributed by atoms with Gasteiger partial charge in [0, 0.05) is 5.69 Å². The number of amides is 1. The van der Waals surface area contributed by atoms with Crippen LogP contribution in [0, 0.1) is 0 Å². The van der Waals surface area contributed by atoms with Gasteiger partial charge in [-0.25, -0.2) is 9.78 Å². The third-order valence-corrected chi connectivity index (χ3v) is 3.51. The Morgan fingerprint density at radius 1 is 1.24 bits per heavy atom. The van der Waals surface area contributed by atoms with E-state index in [1.165, 1.54) is 7.11 Å². The maximum Gasteiger partial charge on any atom is 0.412 e. The van der Waals surface area contributed by atoms with Crippen molar-refractivity contribution < 1.29 is 24.5 Å². The lowest BCUT2D eigenvalue weighted by molar-refractivity contribution is 0.0883. The fourth-order valence-corrected chi connectivity index (χ4v) is 2.14. The van der Waals surface area contributed by atoms with E-state index in [-0.39, 0.29) is 19.1 Å². The predicted octanol–water partition coefficient (Wildman–Crippen LogP) is 2.12. The zero-order chi connectivity index (χ0) is 18.1. The van der Waals surface area contributed by atoms with Crippen molar-refractivity contribution in [3.05, 3.63) is 53.7 Å². The number of pyridine rings is 1. The minimum atomic E-state index is -0.779. The number of aromatic nitrogens is 1. The quantitative estimate of drug-likeness (QED) is 0.677. The fourth-order valence-electron chi connectivity index (χ4n) is 2.14. The molecule has 0 fully saturated rings. The minimum Gasteiger partial charge on any atom is -0.480 e. The molecule has 3 N–H and O–H groups in total. The normalized spacial score (nSPS) is 11.6. The predicted molar refractivity (Wildman–Crippen MR) is 92.5 cm³/mol. The minimum absolute atomic E-state index is 0.166. The lowest BCUT2D eigenvalue weighted by Gasteiger charge is -2.12. The molecule has 2 aromatic rings. The summed E-state index contributed by atoms with van der Waals surface area (Å²) in [6.45, 7) is -0.121. The average Bonchev–Trinajstić information content (AvgIpc) is 2.66. The summed E-state index contributed by atoms with van der Waals surface area (Å²) in [5, 5.41) is 20.8. The molecule has 1 atom stereocenters. The molecule has 1 amide bonds. The lowest BCUT2D eigenvalue weighted by Crippen LogP contribution is -2.15. The highest BCUT2D eigenvalue weighted by molar-refractivity contribution is 5.86.